The van der Waals surface area contributed by atoms with Gasteiger partial charge in [0.15, 0.2) is 0 Å². The van der Waals surface area contributed by atoms with Crippen molar-refractivity contribution in [3.63, 3.8) is 0 Å². The zero-order chi connectivity index (χ0) is 15.0. The van der Waals surface area contributed by atoms with E-state index in [1.807, 2.05) is 24.3 Å². The van der Waals surface area contributed by atoms with Gasteiger partial charge in [-0.1, -0.05) is 24.3 Å². The van der Waals surface area contributed by atoms with E-state index in [0.29, 0.717) is 12.1 Å². The summed E-state index contributed by atoms with van der Waals surface area (Å²) in [6.45, 7) is 0.713. The molecule has 5 heteroatoms. The van der Waals surface area contributed by atoms with Gasteiger partial charge in [0.25, 0.3) is 0 Å². The van der Waals surface area contributed by atoms with Gasteiger partial charge in [0.05, 0.1) is 5.56 Å². The van der Waals surface area contributed by atoms with Crippen LogP contribution in [-0.4, -0.2) is 6.54 Å². The summed E-state index contributed by atoms with van der Waals surface area (Å²) in [5, 5.41) is 3.24. The molecule has 1 N–H and O–H groups in total. The Bertz CT molecular complexity index is 664. The summed E-state index contributed by atoms with van der Waals surface area (Å²) < 4.78 is 51.6. The first-order valence-electron chi connectivity index (χ1n) is 6.66. The number of alkyl halides is 3. The molecule has 1 atom stereocenters. The highest BCUT2D eigenvalue weighted by Gasteiger charge is 2.34. The normalized spacial score (nSPS) is 18.0. The van der Waals surface area contributed by atoms with Crippen LogP contribution in [0, 0.1) is 5.82 Å². The lowest BCUT2D eigenvalue weighted by atomic mass is 9.85. The summed E-state index contributed by atoms with van der Waals surface area (Å²) in [6.07, 6.45) is -3.93. The van der Waals surface area contributed by atoms with Crippen LogP contribution in [0.4, 0.5) is 23.2 Å². The van der Waals surface area contributed by atoms with Gasteiger partial charge in [-0.3, -0.25) is 0 Å². The number of para-hydroxylation sites is 1. The standard InChI is InChI=1S/C16H13F4N/c17-14-9-10(5-6-13(14)16(18,19)20)11-7-8-21-15-4-2-1-3-12(11)15/h1-6,9,11,21H,7-8H2. The second kappa shape index (κ2) is 5.06. The number of rotatable bonds is 1. The van der Waals surface area contributed by atoms with Gasteiger partial charge in [0.2, 0.25) is 0 Å². The van der Waals surface area contributed by atoms with Crippen LogP contribution >= 0.6 is 0 Å². The van der Waals surface area contributed by atoms with E-state index in [9.17, 15) is 17.6 Å². The summed E-state index contributed by atoms with van der Waals surface area (Å²) in [6, 6.07) is 10.8. The Morgan fingerprint density at radius 3 is 2.52 bits per heavy atom. The highest BCUT2D eigenvalue weighted by atomic mass is 19.4. The van der Waals surface area contributed by atoms with Crippen LogP contribution in [0.5, 0.6) is 0 Å². The topological polar surface area (TPSA) is 12.0 Å². The molecule has 0 spiro atoms. The smallest absolute Gasteiger partial charge is 0.385 e. The van der Waals surface area contributed by atoms with E-state index >= 15 is 0 Å². The number of hydrogen-bond acceptors (Lipinski definition) is 1. The highest BCUT2D eigenvalue weighted by molar-refractivity contribution is 5.57. The maximum absolute atomic E-state index is 13.7. The third-order valence-corrected chi connectivity index (χ3v) is 3.79. The Labute approximate surface area is 119 Å². The molecule has 1 heterocycles. The lowest BCUT2D eigenvalue weighted by molar-refractivity contribution is -0.140. The summed E-state index contributed by atoms with van der Waals surface area (Å²) in [4.78, 5) is 0. The van der Waals surface area contributed by atoms with E-state index in [0.717, 1.165) is 29.8 Å². The van der Waals surface area contributed by atoms with E-state index in [-0.39, 0.29) is 5.92 Å². The summed E-state index contributed by atoms with van der Waals surface area (Å²) in [5.74, 6) is -1.30. The lowest BCUT2D eigenvalue weighted by Crippen LogP contribution is -2.18. The van der Waals surface area contributed by atoms with Crippen molar-refractivity contribution in [3.05, 3.63) is 65.0 Å². The van der Waals surface area contributed by atoms with Gasteiger partial charge in [0, 0.05) is 18.2 Å². The van der Waals surface area contributed by atoms with Gasteiger partial charge >= 0.3 is 6.18 Å². The number of fused-ring (bicyclic) bond motifs is 1. The van der Waals surface area contributed by atoms with Gasteiger partial charge in [0.1, 0.15) is 5.82 Å². The fraction of sp³-hybridized carbons (Fsp3) is 0.250. The maximum atomic E-state index is 13.7. The van der Waals surface area contributed by atoms with E-state index in [4.69, 9.17) is 0 Å². The first kappa shape index (κ1) is 13.9. The van der Waals surface area contributed by atoms with Gasteiger partial charge in [-0.2, -0.15) is 13.2 Å². The number of anilines is 1. The van der Waals surface area contributed by atoms with E-state index in [1.165, 1.54) is 6.07 Å². The van der Waals surface area contributed by atoms with Crippen molar-refractivity contribution < 1.29 is 17.6 Å². The van der Waals surface area contributed by atoms with Crippen LogP contribution in [-0.2, 0) is 6.18 Å². The molecule has 1 aliphatic heterocycles. The molecule has 0 amide bonds. The molecule has 0 aliphatic carbocycles. The molecule has 0 saturated heterocycles. The summed E-state index contributed by atoms with van der Waals surface area (Å²) >= 11 is 0. The predicted molar refractivity (Wildman–Crippen MR) is 72.8 cm³/mol. The average molecular weight is 295 g/mol. The summed E-state index contributed by atoms with van der Waals surface area (Å²) in [5.41, 5.74) is 1.31. The zero-order valence-electron chi connectivity index (χ0n) is 11.0. The van der Waals surface area contributed by atoms with Crippen LogP contribution in [0.3, 0.4) is 0 Å². The minimum Gasteiger partial charge on any atom is -0.385 e. The van der Waals surface area contributed by atoms with Crippen molar-refractivity contribution in [2.24, 2.45) is 0 Å². The average Bonchev–Trinajstić information content (AvgIpc) is 2.45. The molecule has 2 aromatic rings. The molecule has 0 aromatic heterocycles. The number of benzene rings is 2. The Morgan fingerprint density at radius 1 is 1.05 bits per heavy atom. The first-order chi connectivity index (χ1) is 9.97. The first-order valence-corrected chi connectivity index (χ1v) is 6.66. The Kier molecular flexibility index (Phi) is 3.35. The van der Waals surface area contributed by atoms with Crippen LogP contribution in [0.15, 0.2) is 42.5 Å². The molecule has 0 fully saturated rings. The zero-order valence-corrected chi connectivity index (χ0v) is 11.0. The van der Waals surface area contributed by atoms with Crippen molar-refractivity contribution in [2.75, 3.05) is 11.9 Å². The fourth-order valence-corrected chi connectivity index (χ4v) is 2.79. The second-order valence-electron chi connectivity index (χ2n) is 5.09. The van der Waals surface area contributed by atoms with Crippen LogP contribution < -0.4 is 5.32 Å². The third-order valence-electron chi connectivity index (χ3n) is 3.79. The molecule has 0 saturated carbocycles. The maximum Gasteiger partial charge on any atom is 0.419 e. The summed E-state index contributed by atoms with van der Waals surface area (Å²) in [7, 11) is 0. The van der Waals surface area contributed by atoms with Crippen molar-refractivity contribution in [3.8, 4) is 0 Å². The van der Waals surface area contributed by atoms with Crippen molar-refractivity contribution in [2.45, 2.75) is 18.5 Å². The molecular formula is C16H13F4N. The molecule has 0 radical (unpaired) electrons. The van der Waals surface area contributed by atoms with Crippen LogP contribution in [0.1, 0.15) is 29.0 Å². The van der Waals surface area contributed by atoms with Crippen molar-refractivity contribution in [1.82, 2.24) is 0 Å². The Balaban J connectivity index is 2.01. The highest BCUT2D eigenvalue weighted by Crippen LogP contribution is 2.38. The second-order valence-corrected chi connectivity index (χ2v) is 5.09. The van der Waals surface area contributed by atoms with Gasteiger partial charge in [-0.05, 0) is 35.7 Å². The molecule has 1 aliphatic rings. The largest absolute Gasteiger partial charge is 0.419 e. The minimum absolute atomic E-state index is 0.0840. The number of nitrogens with one attached hydrogen (secondary N) is 1. The molecule has 1 unspecified atom stereocenters. The lowest BCUT2D eigenvalue weighted by Gasteiger charge is -2.27. The quantitative estimate of drug-likeness (QED) is 0.746. The van der Waals surface area contributed by atoms with Crippen LogP contribution in [0.25, 0.3) is 0 Å². The molecule has 3 rings (SSSR count). The Morgan fingerprint density at radius 2 is 1.81 bits per heavy atom. The van der Waals surface area contributed by atoms with E-state index in [1.54, 1.807) is 0 Å². The fourth-order valence-electron chi connectivity index (χ4n) is 2.79. The third kappa shape index (κ3) is 2.60. The van der Waals surface area contributed by atoms with E-state index in [2.05, 4.69) is 5.32 Å². The minimum atomic E-state index is -4.66. The molecule has 0 bridgehead atoms. The molecule has 2 aromatic carbocycles. The van der Waals surface area contributed by atoms with Gasteiger partial charge < -0.3 is 5.32 Å². The van der Waals surface area contributed by atoms with Crippen molar-refractivity contribution >= 4 is 5.69 Å². The van der Waals surface area contributed by atoms with Gasteiger partial charge in [-0.15, -0.1) is 0 Å². The number of halogens is 4. The number of hydrogen-bond donors (Lipinski definition) is 1. The van der Waals surface area contributed by atoms with E-state index < -0.39 is 17.6 Å². The molecule has 110 valence electrons. The van der Waals surface area contributed by atoms with Crippen molar-refractivity contribution in [1.29, 1.82) is 0 Å². The van der Waals surface area contributed by atoms with Gasteiger partial charge in [-0.25, -0.2) is 4.39 Å². The molecule has 1 nitrogen and oxygen atoms in total. The molecular weight excluding hydrogens is 282 g/mol. The van der Waals surface area contributed by atoms with Crippen LogP contribution in [0.2, 0.25) is 0 Å². The monoisotopic (exact) mass is 295 g/mol. The molecule has 21 heavy (non-hydrogen) atoms. The Hall–Kier alpha value is -2.04. The predicted octanol–water partition coefficient (Wildman–Crippen LogP) is 4.79. The SMILES string of the molecule is Fc1cc(C2CCNc3ccccc32)ccc1C(F)(F)F.